The molecule has 7 nitrogen and oxygen atoms in total. The molecule has 8 heteroatoms. The van der Waals surface area contributed by atoms with E-state index < -0.39 is 4.92 Å². The first-order valence-electron chi connectivity index (χ1n) is 7.21. The van der Waals surface area contributed by atoms with E-state index in [0.29, 0.717) is 31.0 Å². The first kappa shape index (κ1) is 17.7. The number of hydrogen-bond donors (Lipinski definition) is 1. The van der Waals surface area contributed by atoms with Gasteiger partial charge in [-0.15, -0.1) is 17.5 Å². The molecule has 0 saturated carbocycles. The second-order valence-electron chi connectivity index (χ2n) is 5.04. The number of fused-ring (bicyclic) bond motifs is 1. The number of nitro groups is 1. The van der Waals surface area contributed by atoms with Crippen molar-refractivity contribution in [3.63, 3.8) is 0 Å². The monoisotopic (exact) mass is 348 g/mol. The molecule has 3 aromatic rings. The average molecular weight is 349 g/mol. The summed E-state index contributed by atoms with van der Waals surface area (Å²) >= 11 is 0. The summed E-state index contributed by atoms with van der Waals surface area (Å²) in [7, 11) is 0. The Labute approximate surface area is 144 Å². The Morgan fingerprint density at radius 1 is 1.21 bits per heavy atom. The minimum absolute atomic E-state index is 0. The van der Waals surface area contributed by atoms with Gasteiger partial charge in [-0.05, 0) is 11.6 Å². The van der Waals surface area contributed by atoms with Gasteiger partial charge in [-0.25, -0.2) is 0 Å². The van der Waals surface area contributed by atoms with Crippen LogP contribution < -0.4 is 10.5 Å². The molecule has 0 amide bonds. The van der Waals surface area contributed by atoms with Crippen molar-refractivity contribution in [2.24, 2.45) is 5.73 Å². The topological polar surface area (TPSA) is 96.2 Å². The van der Waals surface area contributed by atoms with Gasteiger partial charge in [-0.1, -0.05) is 30.3 Å². The molecule has 0 fully saturated rings. The third kappa shape index (κ3) is 3.64. The zero-order valence-corrected chi connectivity index (χ0v) is 13.6. The summed E-state index contributed by atoms with van der Waals surface area (Å²) in [5.41, 5.74) is 7.34. The average Bonchev–Trinajstić information content (AvgIpc) is 2.91. The molecule has 0 bridgehead atoms. The zero-order valence-electron chi connectivity index (χ0n) is 12.8. The van der Waals surface area contributed by atoms with Crippen LogP contribution in [0.25, 0.3) is 10.9 Å². The molecule has 0 unspecified atom stereocenters. The fourth-order valence-corrected chi connectivity index (χ4v) is 2.39. The third-order valence-electron chi connectivity index (χ3n) is 3.44. The molecule has 0 atom stereocenters. The van der Waals surface area contributed by atoms with Crippen LogP contribution in [0.15, 0.2) is 48.5 Å². The third-order valence-corrected chi connectivity index (χ3v) is 3.44. The highest BCUT2D eigenvalue weighted by atomic mass is 35.5. The number of ether oxygens (including phenoxy) is 1. The smallest absolute Gasteiger partial charge is 0.270 e. The summed E-state index contributed by atoms with van der Waals surface area (Å²) < 4.78 is 7.32. The Hall–Kier alpha value is -2.64. The number of hydrogen-bond acceptors (Lipinski definition) is 5. The van der Waals surface area contributed by atoms with Gasteiger partial charge in [-0.3, -0.25) is 14.8 Å². The van der Waals surface area contributed by atoms with E-state index in [1.165, 1.54) is 12.1 Å². The molecule has 0 spiro atoms. The number of nitro benzene ring substituents is 1. The van der Waals surface area contributed by atoms with E-state index >= 15 is 0 Å². The largest absolute Gasteiger partial charge is 0.475 e. The van der Waals surface area contributed by atoms with Gasteiger partial charge in [0, 0.05) is 18.7 Å². The lowest BCUT2D eigenvalue weighted by atomic mass is 10.2. The maximum atomic E-state index is 11.0. The molecule has 0 aliphatic carbocycles. The van der Waals surface area contributed by atoms with Crippen molar-refractivity contribution in [2.75, 3.05) is 13.2 Å². The van der Waals surface area contributed by atoms with E-state index in [0.717, 1.165) is 11.1 Å². The summed E-state index contributed by atoms with van der Waals surface area (Å²) in [6, 6.07) is 14.5. The molecule has 126 valence electrons. The van der Waals surface area contributed by atoms with Gasteiger partial charge in [0.25, 0.3) is 5.69 Å². The summed E-state index contributed by atoms with van der Waals surface area (Å²) in [4.78, 5) is 10.6. The van der Waals surface area contributed by atoms with Crippen molar-refractivity contribution in [3.8, 4) is 5.88 Å². The van der Waals surface area contributed by atoms with Gasteiger partial charge < -0.3 is 10.5 Å². The highest BCUT2D eigenvalue weighted by Crippen LogP contribution is 2.29. The summed E-state index contributed by atoms with van der Waals surface area (Å²) in [6.07, 6.45) is 0. The Morgan fingerprint density at radius 2 is 1.96 bits per heavy atom. The van der Waals surface area contributed by atoms with E-state index in [1.807, 2.05) is 30.3 Å². The van der Waals surface area contributed by atoms with Crippen molar-refractivity contribution in [1.82, 2.24) is 9.78 Å². The standard InChI is InChI=1S/C16H16N4O3.ClH/c17-8-9-23-16-14-10-13(20(21)22)6-7-15(14)19(18-16)11-12-4-2-1-3-5-12;/h1-7,10H,8-9,11,17H2;1H. The molecule has 2 aromatic carbocycles. The molecular formula is C16H17ClN4O3. The first-order chi connectivity index (χ1) is 11.2. The van der Waals surface area contributed by atoms with Crippen molar-refractivity contribution in [1.29, 1.82) is 0 Å². The molecule has 0 radical (unpaired) electrons. The van der Waals surface area contributed by atoms with Crippen LogP contribution in [0.3, 0.4) is 0 Å². The van der Waals surface area contributed by atoms with Crippen molar-refractivity contribution in [3.05, 3.63) is 64.2 Å². The fourth-order valence-electron chi connectivity index (χ4n) is 2.39. The minimum atomic E-state index is -0.430. The maximum Gasteiger partial charge on any atom is 0.270 e. The summed E-state index contributed by atoms with van der Waals surface area (Å²) in [5.74, 6) is 0.366. The fraction of sp³-hybridized carbons (Fsp3) is 0.188. The zero-order chi connectivity index (χ0) is 16.2. The molecule has 3 rings (SSSR count). The van der Waals surface area contributed by atoms with E-state index in [4.69, 9.17) is 10.5 Å². The lowest BCUT2D eigenvalue weighted by Gasteiger charge is -2.03. The van der Waals surface area contributed by atoms with Crippen LogP contribution in [0.2, 0.25) is 0 Å². The first-order valence-corrected chi connectivity index (χ1v) is 7.21. The molecule has 0 aliphatic heterocycles. The van der Waals surface area contributed by atoms with Crippen molar-refractivity contribution in [2.45, 2.75) is 6.54 Å². The van der Waals surface area contributed by atoms with Gasteiger partial charge in [0.05, 0.1) is 22.4 Å². The summed E-state index contributed by atoms with van der Waals surface area (Å²) in [6.45, 7) is 1.21. The number of nitrogens with two attached hydrogens (primary N) is 1. The highest BCUT2D eigenvalue weighted by molar-refractivity contribution is 5.86. The van der Waals surface area contributed by atoms with Crippen molar-refractivity contribution < 1.29 is 9.66 Å². The van der Waals surface area contributed by atoms with E-state index in [1.54, 1.807) is 10.7 Å². The number of aromatic nitrogens is 2. The van der Waals surface area contributed by atoms with E-state index in [2.05, 4.69) is 5.10 Å². The number of benzene rings is 2. The van der Waals surface area contributed by atoms with Crippen LogP contribution in [0.1, 0.15) is 5.56 Å². The van der Waals surface area contributed by atoms with Crippen LogP contribution >= 0.6 is 12.4 Å². The molecule has 0 saturated heterocycles. The Balaban J connectivity index is 0.00000208. The molecule has 0 aliphatic rings. The molecule has 1 heterocycles. The highest BCUT2D eigenvalue weighted by Gasteiger charge is 2.16. The van der Waals surface area contributed by atoms with E-state index in [-0.39, 0.29) is 18.1 Å². The predicted octanol–water partition coefficient (Wildman–Crippen LogP) is 2.75. The van der Waals surface area contributed by atoms with Crippen LogP contribution in [0, 0.1) is 10.1 Å². The molecular weight excluding hydrogens is 332 g/mol. The quantitative estimate of drug-likeness (QED) is 0.545. The second kappa shape index (κ2) is 7.76. The van der Waals surface area contributed by atoms with Crippen LogP contribution in [-0.4, -0.2) is 27.9 Å². The number of rotatable bonds is 6. The van der Waals surface area contributed by atoms with Crippen LogP contribution in [0.4, 0.5) is 5.69 Å². The van der Waals surface area contributed by atoms with Gasteiger partial charge >= 0.3 is 0 Å². The number of non-ortho nitro benzene ring substituents is 1. The number of halogens is 1. The molecule has 24 heavy (non-hydrogen) atoms. The molecule has 2 N–H and O–H groups in total. The van der Waals surface area contributed by atoms with Crippen LogP contribution in [0.5, 0.6) is 5.88 Å². The van der Waals surface area contributed by atoms with Crippen molar-refractivity contribution >= 4 is 29.0 Å². The lowest BCUT2D eigenvalue weighted by Crippen LogP contribution is -2.11. The summed E-state index contributed by atoms with van der Waals surface area (Å²) in [5, 5.41) is 16.0. The Kier molecular flexibility index (Phi) is 5.73. The van der Waals surface area contributed by atoms with Crippen LogP contribution in [-0.2, 0) is 6.54 Å². The minimum Gasteiger partial charge on any atom is -0.475 e. The van der Waals surface area contributed by atoms with Gasteiger partial charge in [0.15, 0.2) is 0 Å². The second-order valence-corrected chi connectivity index (χ2v) is 5.04. The predicted molar refractivity (Wildman–Crippen MR) is 93.7 cm³/mol. The number of nitrogens with zero attached hydrogens (tertiary/aromatic N) is 3. The lowest BCUT2D eigenvalue weighted by molar-refractivity contribution is -0.384. The molecule has 1 aromatic heterocycles. The normalized spacial score (nSPS) is 10.4. The van der Waals surface area contributed by atoms with Gasteiger partial charge in [-0.2, -0.15) is 0 Å². The maximum absolute atomic E-state index is 11.0. The van der Waals surface area contributed by atoms with Gasteiger partial charge in [0.2, 0.25) is 5.88 Å². The SMILES string of the molecule is Cl.NCCOc1nn(Cc2ccccc2)c2ccc([N+](=O)[O-])cc12. The van der Waals surface area contributed by atoms with E-state index in [9.17, 15) is 10.1 Å². The Bertz CT molecular complexity index is 836. The van der Waals surface area contributed by atoms with Gasteiger partial charge in [0.1, 0.15) is 6.61 Å². The Morgan fingerprint density at radius 3 is 2.62 bits per heavy atom.